The fraction of sp³-hybridized carbons (Fsp3) is 0.700. The number of hydrogen-bond acceptors (Lipinski definition) is 4. The first-order valence-corrected chi connectivity index (χ1v) is 5.55. The average molecular weight is 224 g/mol. The summed E-state index contributed by atoms with van der Waals surface area (Å²) in [5.74, 6) is 0.301. The van der Waals surface area contributed by atoms with Crippen LogP contribution in [0.5, 0.6) is 0 Å². The Morgan fingerprint density at radius 2 is 2.50 bits per heavy atom. The Labute approximate surface area is 93.7 Å². The summed E-state index contributed by atoms with van der Waals surface area (Å²) in [6, 6.07) is -0.443. The molecule has 1 unspecified atom stereocenters. The van der Waals surface area contributed by atoms with Gasteiger partial charge in [0.25, 0.3) is 0 Å². The van der Waals surface area contributed by atoms with Crippen molar-refractivity contribution in [3.8, 4) is 0 Å². The van der Waals surface area contributed by atoms with Crippen LogP contribution in [0, 0.1) is 5.92 Å². The summed E-state index contributed by atoms with van der Waals surface area (Å²) < 4.78 is 1.76. The quantitative estimate of drug-likeness (QED) is 0.724. The van der Waals surface area contributed by atoms with Crippen molar-refractivity contribution in [3.05, 3.63) is 12.2 Å². The van der Waals surface area contributed by atoms with Crippen molar-refractivity contribution < 1.29 is 9.90 Å². The number of aliphatic carboxylic acids is 1. The van der Waals surface area contributed by atoms with Crippen LogP contribution in [-0.4, -0.2) is 31.9 Å². The molecular formula is C10H16N4O2. The van der Waals surface area contributed by atoms with E-state index in [2.05, 4.69) is 15.4 Å². The van der Waals surface area contributed by atoms with Crippen LogP contribution in [0.1, 0.15) is 25.6 Å². The molecule has 16 heavy (non-hydrogen) atoms. The second-order valence-corrected chi connectivity index (χ2v) is 4.03. The summed E-state index contributed by atoms with van der Waals surface area (Å²) in [6.07, 6.45) is 3.50. The molecule has 6 heteroatoms. The molecule has 0 amide bonds. The third-order valence-corrected chi connectivity index (χ3v) is 2.83. The van der Waals surface area contributed by atoms with Crippen LogP contribution < -0.4 is 5.32 Å². The normalized spacial score (nSPS) is 17.3. The van der Waals surface area contributed by atoms with Crippen molar-refractivity contribution in [2.75, 3.05) is 0 Å². The van der Waals surface area contributed by atoms with Crippen LogP contribution in [0.2, 0.25) is 0 Å². The van der Waals surface area contributed by atoms with Crippen LogP contribution >= 0.6 is 0 Å². The van der Waals surface area contributed by atoms with Gasteiger partial charge in [-0.25, -0.2) is 9.67 Å². The van der Waals surface area contributed by atoms with Gasteiger partial charge in [0.1, 0.15) is 18.2 Å². The molecule has 1 atom stereocenters. The zero-order valence-electron chi connectivity index (χ0n) is 9.26. The highest BCUT2D eigenvalue weighted by atomic mass is 16.4. The van der Waals surface area contributed by atoms with Gasteiger partial charge in [-0.1, -0.05) is 0 Å². The molecule has 2 rings (SSSR count). The number of carboxylic acid groups (broad SMARTS) is 1. The largest absolute Gasteiger partial charge is 0.480 e. The molecule has 88 valence electrons. The molecule has 1 aromatic rings. The molecule has 0 spiro atoms. The van der Waals surface area contributed by atoms with Gasteiger partial charge in [-0.15, -0.1) is 0 Å². The van der Waals surface area contributed by atoms with Crippen LogP contribution in [0.15, 0.2) is 6.33 Å². The molecule has 0 saturated heterocycles. The van der Waals surface area contributed by atoms with E-state index in [9.17, 15) is 4.79 Å². The van der Waals surface area contributed by atoms with E-state index in [4.69, 9.17) is 5.11 Å². The van der Waals surface area contributed by atoms with Crippen LogP contribution in [0.4, 0.5) is 0 Å². The summed E-state index contributed by atoms with van der Waals surface area (Å²) in [6.45, 7) is 3.19. The van der Waals surface area contributed by atoms with Gasteiger partial charge in [-0.2, -0.15) is 5.10 Å². The maximum absolute atomic E-state index is 11.0. The minimum absolute atomic E-state index is 0.287. The van der Waals surface area contributed by atoms with Crippen LogP contribution in [0.25, 0.3) is 0 Å². The van der Waals surface area contributed by atoms with Crippen molar-refractivity contribution in [2.45, 2.75) is 38.9 Å². The number of aromatic nitrogens is 3. The van der Waals surface area contributed by atoms with Gasteiger partial charge in [0.05, 0.1) is 6.54 Å². The fourth-order valence-electron chi connectivity index (χ4n) is 1.78. The molecule has 0 aromatic carbocycles. The SMILES string of the molecule is CCn1ncnc1CNC(C(=O)O)C1CC1. The number of nitrogens with one attached hydrogen (secondary N) is 1. The van der Waals surface area contributed by atoms with Crippen molar-refractivity contribution in [1.82, 2.24) is 20.1 Å². The van der Waals surface area contributed by atoms with Crippen LogP contribution in [-0.2, 0) is 17.9 Å². The minimum Gasteiger partial charge on any atom is -0.480 e. The molecular weight excluding hydrogens is 208 g/mol. The zero-order valence-corrected chi connectivity index (χ0v) is 9.26. The molecule has 1 aliphatic carbocycles. The van der Waals surface area contributed by atoms with E-state index in [1.165, 1.54) is 6.33 Å². The molecule has 0 bridgehead atoms. The summed E-state index contributed by atoms with van der Waals surface area (Å²) >= 11 is 0. The lowest BCUT2D eigenvalue weighted by molar-refractivity contribution is -0.140. The first-order chi connectivity index (χ1) is 7.72. The number of carbonyl (C=O) groups is 1. The van der Waals surface area contributed by atoms with Gasteiger partial charge >= 0.3 is 5.97 Å². The number of nitrogens with zero attached hydrogens (tertiary/aromatic N) is 3. The van der Waals surface area contributed by atoms with Crippen LogP contribution in [0.3, 0.4) is 0 Å². The topological polar surface area (TPSA) is 80.0 Å². The molecule has 1 saturated carbocycles. The Morgan fingerprint density at radius 3 is 3.06 bits per heavy atom. The van der Waals surface area contributed by atoms with Crippen molar-refractivity contribution in [2.24, 2.45) is 5.92 Å². The molecule has 1 fully saturated rings. The van der Waals surface area contributed by atoms with E-state index in [1.807, 2.05) is 6.92 Å². The Kier molecular flexibility index (Phi) is 3.19. The Morgan fingerprint density at radius 1 is 1.75 bits per heavy atom. The predicted octanol–water partition coefficient (Wildman–Crippen LogP) is 0.251. The fourth-order valence-corrected chi connectivity index (χ4v) is 1.78. The van der Waals surface area contributed by atoms with Crippen molar-refractivity contribution in [1.29, 1.82) is 0 Å². The third kappa shape index (κ3) is 2.38. The molecule has 6 nitrogen and oxygen atoms in total. The molecule has 0 aliphatic heterocycles. The maximum Gasteiger partial charge on any atom is 0.320 e. The lowest BCUT2D eigenvalue weighted by atomic mass is 10.2. The molecule has 0 radical (unpaired) electrons. The second-order valence-electron chi connectivity index (χ2n) is 4.03. The number of rotatable bonds is 6. The van der Waals surface area contributed by atoms with E-state index in [0.717, 1.165) is 25.2 Å². The van der Waals surface area contributed by atoms with Gasteiger partial charge in [-0.05, 0) is 25.7 Å². The summed E-state index contributed by atoms with van der Waals surface area (Å²) in [4.78, 5) is 15.1. The standard InChI is InChI=1S/C10H16N4O2/c1-2-14-8(12-6-13-14)5-11-9(10(15)16)7-3-4-7/h6-7,9,11H,2-5H2,1H3,(H,15,16). The number of carboxylic acids is 1. The highest BCUT2D eigenvalue weighted by molar-refractivity contribution is 5.74. The summed E-state index contributed by atoms with van der Waals surface area (Å²) in [7, 11) is 0. The van der Waals surface area contributed by atoms with Gasteiger partial charge in [0.15, 0.2) is 0 Å². The average Bonchev–Trinajstić information content (AvgIpc) is 2.97. The highest BCUT2D eigenvalue weighted by Gasteiger charge is 2.35. The monoisotopic (exact) mass is 224 g/mol. The van der Waals surface area contributed by atoms with Crippen molar-refractivity contribution in [3.63, 3.8) is 0 Å². The smallest absolute Gasteiger partial charge is 0.320 e. The Balaban J connectivity index is 1.92. The molecule has 1 heterocycles. The summed E-state index contributed by atoms with van der Waals surface area (Å²) in [5.41, 5.74) is 0. The first kappa shape index (κ1) is 11.1. The second kappa shape index (κ2) is 4.61. The van der Waals surface area contributed by atoms with E-state index >= 15 is 0 Å². The molecule has 2 N–H and O–H groups in total. The minimum atomic E-state index is -0.773. The van der Waals surface area contributed by atoms with E-state index in [0.29, 0.717) is 6.54 Å². The van der Waals surface area contributed by atoms with E-state index < -0.39 is 12.0 Å². The molecule has 1 aliphatic rings. The number of hydrogen-bond donors (Lipinski definition) is 2. The maximum atomic E-state index is 11.0. The van der Waals surface area contributed by atoms with Crippen molar-refractivity contribution >= 4 is 5.97 Å². The van der Waals surface area contributed by atoms with Gasteiger partial charge in [0, 0.05) is 6.54 Å². The first-order valence-electron chi connectivity index (χ1n) is 5.55. The lowest BCUT2D eigenvalue weighted by Gasteiger charge is -2.13. The Hall–Kier alpha value is -1.43. The predicted molar refractivity (Wildman–Crippen MR) is 56.7 cm³/mol. The summed E-state index contributed by atoms with van der Waals surface area (Å²) in [5, 5.41) is 16.1. The van der Waals surface area contributed by atoms with Gasteiger partial charge in [0.2, 0.25) is 0 Å². The highest BCUT2D eigenvalue weighted by Crippen LogP contribution is 2.32. The van der Waals surface area contributed by atoms with Gasteiger partial charge < -0.3 is 5.11 Å². The number of aryl methyl sites for hydroxylation is 1. The van der Waals surface area contributed by atoms with E-state index in [1.54, 1.807) is 4.68 Å². The zero-order chi connectivity index (χ0) is 11.5. The van der Waals surface area contributed by atoms with Gasteiger partial charge in [-0.3, -0.25) is 10.1 Å². The Bertz CT molecular complexity index is 373. The van der Waals surface area contributed by atoms with E-state index in [-0.39, 0.29) is 5.92 Å². The third-order valence-electron chi connectivity index (χ3n) is 2.83. The lowest BCUT2D eigenvalue weighted by Crippen LogP contribution is -2.38. The molecule has 1 aromatic heterocycles.